The summed E-state index contributed by atoms with van der Waals surface area (Å²) in [6.07, 6.45) is 0. The molecule has 0 unspecified atom stereocenters. The van der Waals surface area contributed by atoms with Gasteiger partial charge in [0.25, 0.3) is 0 Å². The lowest BCUT2D eigenvalue weighted by atomic mass is 10.1. The molecule has 3 N–H and O–H groups in total. The van der Waals surface area contributed by atoms with E-state index in [1.165, 1.54) is 0 Å². The molecule has 1 saturated heterocycles. The second-order valence-corrected chi connectivity index (χ2v) is 6.73. The van der Waals surface area contributed by atoms with Gasteiger partial charge in [-0.15, -0.1) is 0 Å². The van der Waals surface area contributed by atoms with Gasteiger partial charge in [0, 0.05) is 62.3 Å². The quantitative estimate of drug-likeness (QED) is 0.869. The van der Waals surface area contributed by atoms with Gasteiger partial charge in [-0.2, -0.15) is 0 Å². The molecule has 0 spiro atoms. The summed E-state index contributed by atoms with van der Waals surface area (Å²) in [4.78, 5) is 21.2. The largest absolute Gasteiger partial charge is 0.383 e. The first-order valence-corrected chi connectivity index (χ1v) is 8.97. The number of aromatic nitrogens is 1. The third-order valence-corrected chi connectivity index (χ3v) is 4.57. The number of hydrogen-bond acceptors (Lipinski definition) is 5. The minimum absolute atomic E-state index is 0.0532. The van der Waals surface area contributed by atoms with Crippen LogP contribution in [0.5, 0.6) is 0 Å². The van der Waals surface area contributed by atoms with Crippen LogP contribution >= 0.6 is 0 Å². The lowest BCUT2D eigenvalue weighted by Gasteiger charge is -2.36. The minimum atomic E-state index is 0.0532. The molecule has 0 aliphatic carbocycles. The highest BCUT2D eigenvalue weighted by atomic mass is 16.2. The van der Waals surface area contributed by atoms with Gasteiger partial charge in [0.2, 0.25) is 5.91 Å². The maximum atomic E-state index is 12.2. The normalized spacial score (nSPS) is 15.0. The fourth-order valence-corrected chi connectivity index (χ4v) is 3.20. The van der Waals surface area contributed by atoms with Gasteiger partial charge < -0.3 is 20.9 Å². The number of rotatable bonds is 5. The molecule has 2 aromatic rings. The van der Waals surface area contributed by atoms with Gasteiger partial charge in [0.1, 0.15) is 5.82 Å². The van der Waals surface area contributed by atoms with Crippen LogP contribution in [0, 0.1) is 5.92 Å². The monoisotopic (exact) mass is 341 g/mol. The molecule has 3 rings (SSSR count). The van der Waals surface area contributed by atoms with Crippen molar-refractivity contribution in [3.8, 4) is 0 Å². The summed E-state index contributed by atoms with van der Waals surface area (Å²) >= 11 is 0. The predicted molar refractivity (Wildman–Crippen MR) is 103 cm³/mol. The first kappa shape index (κ1) is 17.5. The Morgan fingerprint density at radius 2 is 1.96 bits per heavy atom. The van der Waals surface area contributed by atoms with Crippen molar-refractivity contribution >= 4 is 28.3 Å². The lowest BCUT2D eigenvalue weighted by molar-refractivity contribution is -0.134. The van der Waals surface area contributed by atoms with Gasteiger partial charge in [0.05, 0.1) is 5.52 Å². The Balaban J connectivity index is 1.81. The minimum Gasteiger partial charge on any atom is -0.383 e. The summed E-state index contributed by atoms with van der Waals surface area (Å²) < 4.78 is 0. The zero-order chi connectivity index (χ0) is 17.8. The molecule has 2 heterocycles. The molecular formula is C19H27N5O. The van der Waals surface area contributed by atoms with E-state index < -0.39 is 0 Å². The highest BCUT2D eigenvalue weighted by Gasteiger charge is 2.24. The summed E-state index contributed by atoms with van der Waals surface area (Å²) in [5.41, 5.74) is 7.68. The third-order valence-electron chi connectivity index (χ3n) is 4.57. The number of nitrogens with zero attached hydrogens (tertiary/aromatic N) is 3. The van der Waals surface area contributed by atoms with Crippen LogP contribution in [-0.4, -0.2) is 55.1 Å². The summed E-state index contributed by atoms with van der Waals surface area (Å²) in [5.74, 6) is 1.24. The van der Waals surface area contributed by atoms with Crippen LogP contribution in [0.25, 0.3) is 10.9 Å². The number of nitrogens with two attached hydrogens (primary N) is 1. The maximum absolute atomic E-state index is 12.2. The number of carbonyl (C=O) groups excluding carboxylic acids is 1. The van der Waals surface area contributed by atoms with Crippen LogP contribution in [0.1, 0.15) is 13.8 Å². The fraction of sp³-hybridized carbons (Fsp3) is 0.474. The average molecular weight is 341 g/mol. The van der Waals surface area contributed by atoms with E-state index in [-0.39, 0.29) is 11.8 Å². The molecule has 134 valence electrons. The number of benzene rings is 1. The zero-order valence-corrected chi connectivity index (χ0v) is 15.0. The van der Waals surface area contributed by atoms with Gasteiger partial charge in [0.15, 0.2) is 0 Å². The molecule has 0 radical (unpaired) electrons. The molecule has 25 heavy (non-hydrogen) atoms. The highest BCUT2D eigenvalue weighted by Crippen LogP contribution is 2.27. The van der Waals surface area contributed by atoms with Crippen molar-refractivity contribution < 1.29 is 4.79 Å². The molecule has 6 nitrogen and oxygen atoms in total. The predicted octanol–water partition coefficient (Wildman–Crippen LogP) is 1.91. The molecule has 1 aromatic heterocycles. The van der Waals surface area contributed by atoms with Crippen LogP contribution in [0.3, 0.4) is 0 Å². The van der Waals surface area contributed by atoms with Gasteiger partial charge in [-0.3, -0.25) is 4.79 Å². The van der Waals surface area contributed by atoms with Gasteiger partial charge in [-0.05, 0) is 6.07 Å². The molecule has 1 fully saturated rings. The van der Waals surface area contributed by atoms with Crippen molar-refractivity contribution in [1.29, 1.82) is 0 Å². The molecule has 1 aliphatic heterocycles. The second-order valence-electron chi connectivity index (χ2n) is 6.73. The Morgan fingerprint density at radius 3 is 2.64 bits per heavy atom. The van der Waals surface area contributed by atoms with Crippen LogP contribution in [-0.2, 0) is 4.79 Å². The van der Waals surface area contributed by atoms with Crippen LogP contribution < -0.4 is 16.0 Å². The molecule has 6 heteroatoms. The summed E-state index contributed by atoms with van der Waals surface area (Å²) in [5, 5.41) is 4.51. The Hall–Kier alpha value is -2.34. The molecule has 1 aliphatic rings. The van der Waals surface area contributed by atoms with Crippen molar-refractivity contribution in [2.24, 2.45) is 11.7 Å². The Morgan fingerprint density at radius 1 is 1.24 bits per heavy atom. The standard InChI is InChI=1S/C19H27N5O/c1-14(2)19(25)24-11-9-23(10-12-24)18-13-17(21-8-7-20)15-5-3-4-6-16(15)22-18/h3-6,13-14H,7-12,20H2,1-2H3,(H,21,22). The summed E-state index contributed by atoms with van der Waals surface area (Å²) in [7, 11) is 0. The van der Waals surface area contributed by atoms with Gasteiger partial charge >= 0.3 is 0 Å². The van der Waals surface area contributed by atoms with Gasteiger partial charge in [-0.1, -0.05) is 32.0 Å². The van der Waals surface area contributed by atoms with Crippen molar-refractivity contribution in [1.82, 2.24) is 9.88 Å². The summed E-state index contributed by atoms with van der Waals surface area (Å²) in [6.45, 7) is 8.32. The third kappa shape index (κ3) is 3.85. The maximum Gasteiger partial charge on any atom is 0.225 e. The highest BCUT2D eigenvalue weighted by molar-refractivity contribution is 5.93. The lowest BCUT2D eigenvalue weighted by Crippen LogP contribution is -2.50. The molecule has 0 saturated carbocycles. The number of pyridine rings is 1. The Kier molecular flexibility index (Phi) is 5.38. The number of fused-ring (bicyclic) bond motifs is 1. The van der Waals surface area contributed by atoms with E-state index in [1.807, 2.05) is 36.9 Å². The van der Waals surface area contributed by atoms with E-state index >= 15 is 0 Å². The Bertz CT molecular complexity index is 738. The van der Waals surface area contributed by atoms with E-state index in [2.05, 4.69) is 22.3 Å². The SMILES string of the molecule is CC(C)C(=O)N1CCN(c2cc(NCCN)c3ccccc3n2)CC1. The number of amides is 1. The molecule has 1 amide bonds. The van der Waals surface area contributed by atoms with E-state index in [0.29, 0.717) is 6.54 Å². The average Bonchev–Trinajstić information content (AvgIpc) is 2.65. The van der Waals surface area contributed by atoms with Crippen molar-refractivity contribution in [3.63, 3.8) is 0 Å². The number of piperazine rings is 1. The number of carbonyl (C=O) groups is 1. The topological polar surface area (TPSA) is 74.5 Å². The molecule has 0 atom stereocenters. The van der Waals surface area contributed by atoms with E-state index in [0.717, 1.165) is 55.1 Å². The second kappa shape index (κ2) is 7.70. The van der Waals surface area contributed by atoms with E-state index in [9.17, 15) is 4.79 Å². The van der Waals surface area contributed by atoms with Crippen molar-refractivity contribution in [2.75, 3.05) is 49.5 Å². The Labute approximate surface area is 149 Å². The number of nitrogens with one attached hydrogen (secondary N) is 1. The number of hydrogen-bond donors (Lipinski definition) is 2. The number of para-hydroxylation sites is 1. The van der Waals surface area contributed by atoms with Crippen molar-refractivity contribution in [2.45, 2.75) is 13.8 Å². The van der Waals surface area contributed by atoms with E-state index in [1.54, 1.807) is 0 Å². The van der Waals surface area contributed by atoms with Gasteiger partial charge in [-0.25, -0.2) is 4.98 Å². The fourth-order valence-electron chi connectivity index (χ4n) is 3.20. The molecule has 1 aromatic carbocycles. The molecule has 0 bridgehead atoms. The van der Waals surface area contributed by atoms with Crippen LogP contribution in [0.4, 0.5) is 11.5 Å². The zero-order valence-electron chi connectivity index (χ0n) is 15.0. The van der Waals surface area contributed by atoms with Crippen molar-refractivity contribution in [3.05, 3.63) is 30.3 Å². The first-order valence-electron chi connectivity index (χ1n) is 8.97. The first-order chi connectivity index (χ1) is 12.1. The number of anilines is 2. The smallest absolute Gasteiger partial charge is 0.225 e. The molecular weight excluding hydrogens is 314 g/mol. The van der Waals surface area contributed by atoms with Crippen LogP contribution in [0.2, 0.25) is 0 Å². The summed E-state index contributed by atoms with van der Waals surface area (Å²) in [6, 6.07) is 10.2. The van der Waals surface area contributed by atoms with Crippen LogP contribution in [0.15, 0.2) is 30.3 Å². The van der Waals surface area contributed by atoms with E-state index in [4.69, 9.17) is 10.7 Å².